The number of nitrogens with zero attached hydrogens (tertiary/aromatic N) is 2. The molecule has 2 aliphatic heterocycles. The Hall–Kier alpha value is -2.61. The summed E-state index contributed by atoms with van der Waals surface area (Å²) in [5, 5.41) is 6.03. The first-order valence-electron chi connectivity index (χ1n) is 12.7. The molecular weight excluding hydrogens is 432 g/mol. The van der Waals surface area contributed by atoms with Gasteiger partial charge in [0.05, 0.1) is 18.1 Å². The maximum absolute atomic E-state index is 13.8. The largest absolute Gasteiger partial charge is 0.445 e. The number of nitrogens with one attached hydrogen (secondary N) is 2. The van der Waals surface area contributed by atoms with E-state index in [1.165, 1.54) is 6.42 Å². The van der Waals surface area contributed by atoms with Crippen molar-refractivity contribution < 1.29 is 19.1 Å². The third-order valence-corrected chi connectivity index (χ3v) is 7.81. The summed E-state index contributed by atoms with van der Waals surface area (Å²) in [4.78, 5) is 43.0. The fourth-order valence-corrected chi connectivity index (χ4v) is 5.73. The van der Waals surface area contributed by atoms with E-state index < -0.39 is 6.04 Å². The number of ether oxygens (including phenoxy) is 1. The standard InChI is InChI=1S/C26H38N4O4/c1-18(27-2)24(31)28-23(20-11-7-4-8-12-20)25(32)29-15-13-22-21(29)14-16-30(22)26(33)34-17-19-9-5-3-6-10-19/h3,5-6,9-10,18,20-23,27H,4,7-8,11-17H2,1-2H3,(H,28,31)/t18-,21+,22+,23-/m0/s1. The Morgan fingerprint density at radius 1 is 0.971 bits per heavy atom. The van der Waals surface area contributed by atoms with Crippen LogP contribution in [0, 0.1) is 5.92 Å². The van der Waals surface area contributed by atoms with E-state index in [1.807, 2.05) is 35.2 Å². The molecule has 8 nitrogen and oxygen atoms in total. The highest BCUT2D eigenvalue weighted by Crippen LogP contribution is 2.35. The first kappa shape index (κ1) is 24.5. The SMILES string of the molecule is CN[C@@H](C)C(=O)N[C@H](C(=O)N1CC[C@@H]2[C@H]1CCN2C(=O)OCc1ccccc1)C1CCCCC1. The molecule has 2 N–H and O–H groups in total. The summed E-state index contributed by atoms with van der Waals surface area (Å²) >= 11 is 0. The van der Waals surface area contributed by atoms with Crippen molar-refractivity contribution in [2.75, 3.05) is 20.1 Å². The van der Waals surface area contributed by atoms with Gasteiger partial charge in [-0.25, -0.2) is 4.79 Å². The number of fused-ring (bicyclic) bond motifs is 1. The number of likely N-dealkylation sites (N-methyl/N-ethyl adjacent to an activating group) is 1. The normalized spacial score (nSPS) is 24.4. The smallest absolute Gasteiger partial charge is 0.410 e. The summed E-state index contributed by atoms with van der Waals surface area (Å²) in [6.07, 6.45) is 6.48. The zero-order chi connectivity index (χ0) is 24.1. The van der Waals surface area contributed by atoms with Gasteiger partial charge in [-0.1, -0.05) is 49.6 Å². The molecule has 0 unspecified atom stereocenters. The molecule has 4 atom stereocenters. The molecule has 8 heteroatoms. The summed E-state index contributed by atoms with van der Waals surface area (Å²) < 4.78 is 5.57. The van der Waals surface area contributed by atoms with Gasteiger partial charge in [0.15, 0.2) is 0 Å². The molecule has 186 valence electrons. The van der Waals surface area contributed by atoms with Crippen LogP contribution in [-0.4, -0.2) is 72.0 Å². The van der Waals surface area contributed by atoms with Gasteiger partial charge in [0.25, 0.3) is 0 Å². The lowest BCUT2D eigenvalue weighted by atomic mass is 9.83. The van der Waals surface area contributed by atoms with Crippen LogP contribution in [-0.2, 0) is 20.9 Å². The van der Waals surface area contributed by atoms with Crippen molar-refractivity contribution >= 4 is 17.9 Å². The van der Waals surface area contributed by atoms with Crippen LogP contribution in [0.25, 0.3) is 0 Å². The van der Waals surface area contributed by atoms with Gasteiger partial charge in [-0.05, 0) is 51.1 Å². The highest BCUT2D eigenvalue weighted by Gasteiger charge is 2.48. The molecular formula is C26H38N4O4. The Morgan fingerprint density at radius 3 is 2.29 bits per heavy atom. The van der Waals surface area contributed by atoms with Crippen LogP contribution in [0.4, 0.5) is 4.79 Å². The van der Waals surface area contributed by atoms with Crippen molar-refractivity contribution in [3.05, 3.63) is 35.9 Å². The first-order valence-corrected chi connectivity index (χ1v) is 12.7. The predicted octanol–water partition coefficient (Wildman–Crippen LogP) is 2.67. The number of carbonyl (C=O) groups excluding carboxylic acids is 3. The lowest BCUT2D eigenvalue weighted by Gasteiger charge is -2.35. The zero-order valence-electron chi connectivity index (χ0n) is 20.4. The average molecular weight is 471 g/mol. The molecule has 0 radical (unpaired) electrons. The van der Waals surface area contributed by atoms with Gasteiger partial charge >= 0.3 is 6.09 Å². The minimum atomic E-state index is -0.499. The van der Waals surface area contributed by atoms with E-state index in [1.54, 1.807) is 18.9 Å². The molecule has 4 rings (SSSR count). The van der Waals surface area contributed by atoms with E-state index >= 15 is 0 Å². The number of likely N-dealkylation sites (tertiary alicyclic amines) is 2. The van der Waals surface area contributed by atoms with E-state index in [9.17, 15) is 14.4 Å². The quantitative estimate of drug-likeness (QED) is 0.639. The van der Waals surface area contributed by atoms with Crippen LogP contribution >= 0.6 is 0 Å². The summed E-state index contributed by atoms with van der Waals surface area (Å²) in [5.41, 5.74) is 0.955. The average Bonchev–Trinajstić information content (AvgIpc) is 3.48. The minimum absolute atomic E-state index is 0.00977. The second-order valence-corrected chi connectivity index (χ2v) is 9.87. The van der Waals surface area contributed by atoms with Crippen LogP contribution in [0.5, 0.6) is 0 Å². The van der Waals surface area contributed by atoms with Gasteiger partial charge in [-0.15, -0.1) is 0 Å². The van der Waals surface area contributed by atoms with Gasteiger partial charge in [-0.2, -0.15) is 0 Å². The number of amides is 3. The van der Waals surface area contributed by atoms with Gasteiger partial charge in [0.1, 0.15) is 12.6 Å². The van der Waals surface area contributed by atoms with Gasteiger partial charge in [0, 0.05) is 13.1 Å². The van der Waals surface area contributed by atoms with E-state index in [2.05, 4.69) is 10.6 Å². The van der Waals surface area contributed by atoms with Gasteiger partial charge < -0.3 is 25.2 Å². The summed E-state index contributed by atoms with van der Waals surface area (Å²) in [6, 6.07) is 8.77. The Kier molecular flexibility index (Phi) is 8.08. The van der Waals surface area contributed by atoms with Crippen LogP contribution < -0.4 is 10.6 Å². The molecule has 3 aliphatic rings. The Balaban J connectivity index is 1.40. The molecule has 1 aliphatic carbocycles. The molecule has 2 saturated heterocycles. The van der Waals surface area contributed by atoms with Crippen molar-refractivity contribution in [2.24, 2.45) is 5.92 Å². The van der Waals surface area contributed by atoms with E-state index in [4.69, 9.17) is 4.74 Å². The maximum atomic E-state index is 13.8. The molecule has 0 spiro atoms. The van der Waals surface area contributed by atoms with E-state index in [0.717, 1.165) is 44.1 Å². The molecule has 1 aromatic carbocycles. The van der Waals surface area contributed by atoms with E-state index in [-0.39, 0.29) is 48.6 Å². The van der Waals surface area contributed by atoms with Gasteiger partial charge in [0.2, 0.25) is 11.8 Å². The zero-order valence-corrected chi connectivity index (χ0v) is 20.4. The molecule has 34 heavy (non-hydrogen) atoms. The number of carbonyl (C=O) groups is 3. The van der Waals surface area contributed by atoms with Gasteiger partial charge in [-0.3, -0.25) is 9.59 Å². The fourth-order valence-electron chi connectivity index (χ4n) is 5.73. The Morgan fingerprint density at radius 2 is 1.62 bits per heavy atom. The Bertz CT molecular complexity index is 858. The second kappa shape index (κ2) is 11.2. The molecule has 3 amide bonds. The molecule has 1 aromatic rings. The molecule has 0 bridgehead atoms. The van der Waals surface area contributed by atoms with Crippen LogP contribution in [0.3, 0.4) is 0 Å². The van der Waals surface area contributed by atoms with E-state index in [0.29, 0.717) is 13.1 Å². The molecule has 1 saturated carbocycles. The predicted molar refractivity (Wildman–Crippen MR) is 129 cm³/mol. The van der Waals surface area contributed by atoms with Crippen LogP contribution in [0.2, 0.25) is 0 Å². The highest BCUT2D eigenvalue weighted by atomic mass is 16.6. The topological polar surface area (TPSA) is 91.0 Å². The third-order valence-electron chi connectivity index (χ3n) is 7.81. The number of hydrogen-bond donors (Lipinski definition) is 2. The van der Waals surface area contributed by atoms with Crippen molar-refractivity contribution in [1.82, 2.24) is 20.4 Å². The number of hydrogen-bond acceptors (Lipinski definition) is 5. The van der Waals surface area contributed by atoms with Crippen molar-refractivity contribution in [3.63, 3.8) is 0 Å². The number of benzene rings is 1. The first-order chi connectivity index (χ1) is 16.5. The minimum Gasteiger partial charge on any atom is -0.445 e. The number of rotatable bonds is 7. The lowest BCUT2D eigenvalue weighted by molar-refractivity contribution is -0.139. The molecule has 2 heterocycles. The van der Waals surface area contributed by atoms with Crippen molar-refractivity contribution in [3.8, 4) is 0 Å². The summed E-state index contributed by atoms with van der Waals surface area (Å²) in [7, 11) is 1.75. The Labute approximate surface area is 202 Å². The summed E-state index contributed by atoms with van der Waals surface area (Å²) in [6.45, 7) is 3.25. The molecule has 0 aromatic heterocycles. The summed E-state index contributed by atoms with van der Waals surface area (Å²) in [5.74, 6) is 0.0388. The van der Waals surface area contributed by atoms with Crippen LogP contribution in [0.15, 0.2) is 30.3 Å². The monoisotopic (exact) mass is 470 g/mol. The van der Waals surface area contributed by atoms with Crippen molar-refractivity contribution in [1.29, 1.82) is 0 Å². The molecule has 3 fully saturated rings. The lowest BCUT2D eigenvalue weighted by Crippen LogP contribution is -2.56. The third kappa shape index (κ3) is 5.37. The fraction of sp³-hybridized carbons (Fsp3) is 0.654. The maximum Gasteiger partial charge on any atom is 0.410 e. The second-order valence-electron chi connectivity index (χ2n) is 9.87. The van der Waals surface area contributed by atoms with Crippen LogP contribution in [0.1, 0.15) is 57.4 Å². The highest BCUT2D eigenvalue weighted by molar-refractivity contribution is 5.90. The van der Waals surface area contributed by atoms with Crippen molar-refractivity contribution in [2.45, 2.75) is 82.6 Å².